The van der Waals surface area contributed by atoms with E-state index in [1.165, 1.54) is 6.92 Å². The number of rotatable bonds is 4. The number of pyridine rings is 1. The molecule has 0 unspecified atom stereocenters. The van der Waals surface area contributed by atoms with Gasteiger partial charge in [-0.25, -0.2) is 4.52 Å². The summed E-state index contributed by atoms with van der Waals surface area (Å²) < 4.78 is 1.72. The number of piperidine rings is 1. The number of hydrogen-bond donors (Lipinski definition) is 2. The number of amides is 2. The van der Waals surface area contributed by atoms with Crippen molar-refractivity contribution in [2.24, 2.45) is 0 Å². The van der Waals surface area contributed by atoms with Crippen LogP contribution >= 0.6 is 0 Å². The molecule has 8 nitrogen and oxygen atoms in total. The van der Waals surface area contributed by atoms with Gasteiger partial charge in [-0.1, -0.05) is 30.3 Å². The van der Waals surface area contributed by atoms with Crippen LogP contribution in [-0.2, 0) is 16.0 Å². The van der Waals surface area contributed by atoms with E-state index < -0.39 is 0 Å². The molecule has 2 aromatic heterocycles. The molecule has 29 heavy (non-hydrogen) atoms. The summed E-state index contributed by atoms with van der Waals surface area (Å²) in [5, 5.41) is 7.17. The Morgan fingerprint density at radius 2 is 1.86 bits per heavy atom. The van der Waals surface area contributed by atoms with Crippen molar-refractivity contribution in [2.75, 3.05) is 18.8 Å². The summed E-state index contributed by atoms with van der Waals surface area (Å²) >= 11 is 0. The van der Waals surface area contributed by atoms with Crippen LogP contribution in [0, 0.1) is 0 Å². The molecule has 0 saturated carbocycles. The van der Waals surface area contributed by atoms with E-state index >= 15 is 0 Å². The standard InChI is InChI=1S/C21H24N6O2/c1-14(28)23-17-9-11-26(12-10-17)20(29)13-15-5-7-16(8-6-15)18-3-2-4-19-24-21(22)25-27(18)19/h2-8,17H,9-13H2,1H3,(H2,22,25)(H,23,28). The van der Waals surface area contributed by atoms with Gasteiger partial charge in [-0.15, -0.1) is 5.10 Å². The summed E-state index contributed by atoms with van der Waals surface area (Å²) in [5.41, 5.74) is 9.25. The number of benzene rings is 1. The number of carbonyl (C=O) groups excluding carboxylic acids is 2. The lowest BCUT2D eigenvalue weighted by atomic mass is 10.0. The average Bonchev–Trinajstić information content (AvgIpc) is 3.09. The first-order valence-corrected chi connectivity index (χ1v) is 9.75. The molecule has 1 fully saturated rings. The summed E-state index contributed by atoms with van der Waals surface area (Å²) in [5.74, 6) is 0.339. The summed E-state index contributed by atoms with van der Waals surface area (Å²) in [6.07, 6.45) is 1.97. The third-order valence-corrected chi connectivity index (χ3v) is 5.24. The van der Waals surface area contributed by atoms with Crippen molar-refractivity contribution < 1.29 is 9.59 Å². The Morgan fingerprint density at radius 3 is 2.55 bits per heavy atom. The zero-order chi connectivity index (χ0) is 20.4. The van der Waals surface area contributed by atoms with Crippen molar-refractivity contribution >= 4 is 23.4 Å². The van der Waals surface area contributed by atoms with Crippen LogP contribution in [0.25, 0.3) is 16.9 Å². The van der Waals surface area contributed by atoms with Gasteiger partial charge in [-0.05, 0) is 30.5 Å². The fraction of sp³-hybridized carbons (Fsp3) is 0.333. The van der Waals surface area contributed by atoms with E-state index in [-0.39, 0.29) is 23.8 Å². The lowest BCUT2D eigenvalue weighted by Crippen LogP contribution is -2.46. The molecular formula is C21H24N6O2. The van der Waals surface area contributed by atoms with Gasteiger partial charge in [0.05, 0.1) is 12.1 Å². The molecule has 1 aliphatic heterocycles. The Hall–Kier alpha value is -3.42. The van der Waals surface area contributed by atoms with Gasteiger partial charge in [0.25, 0.3) is 0 Å². The number of nitrogen functional groups attached to an aromatic ring is 1. The average molecular weight is 392 g/mol. The molecule has 3 heterocycles. The Balaban J connectivity index is 1.41. The Labute approximate surface area is 168 Å². The van der Waals surface area contributed by atoms with Crippen LogP contribution in [0.15, 0.2) is 42.5 Å². The first kappa shape index (κ1) is 18.9. The van der Waals surface area contributed by atoms with E-state index in [1.807, 2.05) is 47.4 Å². The highest BCUT2D eigenvalue weighted by Crippen LogP contribution is 2.21. The van der Waals surface area contributed by atoms with Crippen molar-refractivity contribution in [3.63, 3.8) is 0 Å². The second kappa shape index (κ2) is 7.90. The number of hydrogen-bond acceptors (Lipinski definition) is 5. The number of carbonyl (C=O) groups is 2. The van der Waals surface area contributed by atoms with E-state index in [9.17, 15) is 9.59 Å². The number of nitrogens with one attached hydrogen (secondary N) is 1. The van der Waals surface area contributed by atoms with E-state index in [0.29, 0.717) is 25.2 Å². The van der Waals surface area contributed by atoms with Crippen LogP contribution in [0.2, 0.25) is 0 Å². The number of nitrogens with two attached hydrogens (primary N) is 1. The molecule has 3 aromatic rings. The lowest BCUT2D eigenvalue weighted by Gasteiger charge is -2.32. The predicted octanol–water partition coefficient (Wildman–Crippen LogP) is 1.65. The molecule has 1 aromatic carbocycles. The minimum atomic E-state index is -0.0147. The number of likely N-dealkylation sites (tertiary alicyclic amines) is 1. The number of fused-ring (bicyclic) bond motifs is 1. The second-order valence-electron chi connectivity index (χ2n) is 7.38. The van der Waals surface area contributed by atoms with Gasteiger partial charge >= 0.3 is 0 Å². The zero-order valence-electron chi connectivity index (χ0n) is 16.3. The quantitative estimate of drug-likeness (QED) is 0.702. The zero-order valence-corrected chi connectivity index (χ0v) is 16.3. The monoisotopic (exact) mass is 392 g/mol. The molecule has 150 valence electrons. The van der Waals surface area contributed by atoms with Gasteiger partial charge in [-0.2, -0.15) is 4.98 Å². The lowest BCUT2D eigenvalue weighted by molar-refractivity contribution is -0.131. The van der Waals surface area contributed by atoms with Gasteiger partial charge in [0, 0.05) is 31.6 Å². The van der Waals surface area contributed by atoms with Crippen LogP contribution in [0.1, 0.15) is 25.3 Å². The third-order valence-electron chi connectivity index (χ3n) is 5.24. The smallest absolute Gasteiger partial charge is 0.240 e. The highest BCUT2D eigenvalue weighted by Gasteiger charge is 2.23. The van der Waals surface area contributed by atoms with Gasteiger partial charge in [-0.3, -0.25) is 9.59 Å². The van der Waals surface area contributed by atoms with Gasteiger partial charge in [0.1, 0.15) is 0 Å². The van der Waals surface area contributed by atoms with E-state index in [0.717, 1.165) is 29.7 Å². The van der Waals surface area contributed by atoms with Gasteiger partial charge in [0.2, 0.25) is 17.8 Å². The number of aromatic nitrogens is 3. The Bertz CT molecular complexity index is 1040. The van der Waals surface area contributed by atoms with Crippen molar-refractivity contribution in [1.82, 2.24) is 24.8 Å². The largest absolute Gasteiger partial charge is 0.366 e. The molecular weight excluding hydrogens is 368 g/mol. The molecule has 0 atom stereocenters. The van der Waals surface area contributed by atoms with Crippen molar-refractivity contribution in [3.05, 3.63) is 48.0 Å². The van der Waals surface area contributed by atoms with Crippen LogP contribution in [0.3, 0.4) is 0 Å². The third kappa shape index (κ3) is 4.21. The molecule has 8 heteroatoms. The molecule has 2 amide bonds. The highest BCUT2D eigenvalue weighted by atomic mass is 16.2. The maximum absolute atomic E-state index is 12.6. The highest BCUT2D eigenvalue weighted by molar-refractivity contribution is 5.79. The van der Waals surface area contributed by atoms with Gasteiger partial charge < -0.3 is 16.0 Å². The number of anilines is 1. The van der Waals surface area contributed by atoms with Crippen LogP contribution in [0.4, 0.5) is 5.95 Å². The van der Waals surface area contributed by atoms with Crippen molar-refractivity contribution in [1.29, 1.82) is 0 Å². The Morgan fingerprint density at radius 1 is 1.14 bits per heavy atom. The molecule has 4 rings (SSSR count). The minimum absolute atomic E-state index is 0.0147. The molecule has 3 N–H and O–H groups in total. The normalized spacial score (nSPS) is 14.9. The van der Waals surface area contributed by atoms with Crippen molar-refractivity contribution in [3.8, 4) is 11.3 Å². The summed E-state index contributed by atoms with van der Waals surface area (Å²) in [6.45, 7) is 2.88. The fourth-order valence-corrected chi connectivity index (χ4v) is 3.78. The Kier molecular flexibility index (Phi) is 5.16. The SMILES string of the molecule is CC(=O)NC1CCN(C(=O)Cc2ccc(-c3cccc4nc(N)nn34)cc2)CC1. The van der Waals surface area contributed by atoms with Crippen LogP contribution in [0.5, 0.6) is 0 Å². The van der Waals surface area contributed by atoms with Crippen LogP contribution in [-0.4, -0.2) is 50.4 Å². The van der Waals surface area contributed by atoms with Gasteiger partial charge in [0.15, 0.2) is 5.65 Å². The molecule has 0 spiro atoms. The molecule has 1 aliphatic rings. The topological polar surface area (TPSA) is 106 Å². The van der Waals surface area contributed by atoms with E-state index in [2.05, 4.69) is 15.4 Å². The molecule has 0 bridgehead atoms. The van der Waals surface area contributed by atoms with E-state index in [4.69, 9.17) is 5.73 Å². The van der Waals surface area contributed by atoms with Crippen LogP contribution < -0.4 is 11.1 Å². The molecule has 0 radical (unpaired) electrons. The summed E-state index contributed by atoms with van der Waals surface area (Å²) in [6, 6.07) is 13.8. The maximum atomic E-state index is 12.6. The van der Waals surface area contributed by atoms with Crippen molar-refractivity contribution in [2.45, 2.75) is 32.2 Å². The first-order chi connectivity index (χ1) is 14.0. The first-order valence-electron chi connectivity index (χ1n) is 9.75. The minimum Gasteiger partial charge on any atom is -0.366 e. The summed E-state index contributed by atoms with van der Waals surface area (Å²) in [4.78, 5) is 29.9. The predicted molar refractivity (Wildman–Crippen MR) is 110 cm³/mol. The summed E-state index contributed by atoms with van der Waals surface area (Å²) in [7, 11) is 0. The number of nitrogens with zero attached hydrogens (tertiary/aromatic N) is 4. The van der Waals surface area contributed by atoms with E-state index in [1.54, 1.807) is 4.52 Å². The fourth-order valence-electron chi connectivity index (χ4n) is 3.78. The second-order valence-corrected chi connectivity index (χ2v) is 7.38. The maximum Gasteiger partial charge on any atom is 0.240 e. The molecule has 0 aliphatic carbocycles. The molecule has 1 saturated heterocycles.